The average molecular weight is 298 g/mol. The lowest BCUT2D eigenvalue weighted by Crippen LogP contribution is -2.13. The van der Waals surface area contributed by atoms with Crippen LogP contribution in [-0.2, 0) is 17.8 Å². The summed E-state index contributed by atoms with van der Waals surface area (Å²) in [5, 5.41) is 3.36. The van der Waals surface area contributed by atoms with E-state index in [4.69, 9.17) is 10.5 Å². The molecule has 0 heterocycles. The third-order valence-electron chi connectivity index (χ3n) is 3.15. The zero-order valence-electron chi connectivity index (χ0n) is 13.0. The maximum Gasteiger partial charge on any atom is 0.221 e. The van der Waals surface area contributed by atoms with Crippen LogP contribution in [0.25, 0.3) is 0 Å². The zero-order valence-corrected chi connectivity index (χ0v) is 13.0. The first-order valence-electron chi connectivity index (χ1n) is 7.40. The van der Waals surface area contributed by atoms with Gasteiger partial charge in [0.15, 0.2) is 0 Å². The third kappa shape index (κ3) is 4.81. The quantitative estimate of drug-likeness (QED) is 0.825. The van der Waals surface area contributed by atoms with Gasteiger partial charge in [0.25, 0.3) is 0 Å². The van der Waals surface area contributed by atoms with Crippen LogP contribution in [-0.4, -0.2) is 12.0 Å². The van der Waals surface area contributed by atoms with E-state index in [1.165, 1.54) is 0 Å². The molecule has 4 nitrogen and oxygen atoms in total. The molecule has 0 saturated carbocycles. The monoisotopic (exact) mass is 298 g/mol. The first kappa shape index (κ1) is 15.9. The highest BCUT2D eigenvalue weighted by molar-refractivity contribution is 5.76. The van der Waals surface area contributed by atoms with Crippen LogP contribution in [0.4, 0.5) is 5.69 Å². The Labute approximate surface area is 131 Å². The second kappa shape index (κ2) is 7.50. The van der Waals surface area contributed by atoms with Gasteiger partial charge in [-0.2, -0.15) is 0 Å². The van der Waals surface area contributed by atoms with Crippen LogP contribution < -0.4 is 15.8 Å². The fraction of sp³-hybridized carbons (Fsp3) is 0.278. The Morgan fingerprint density at radius 1 is 1.14 bits per heavy atom. The van der Waals surface area contributed by atoms with Gasteiger partial charge in [0.2, 0.25) is 5.91 Å². The molecule has 0 aliphatic carbocycles. The number of carbonyl (C=O) groups is 1. The number of benzene rings is 2. The summed E-state index contributed by atoms with van der Waals surface area (Å²) in [5.74, 6) is 0.579. The molecule has 2 rings (SSSR count). The lowest BCUT2D eigenvalue weighted by Gasteiger charge is -2.15. The standard InChI is InChI=1S/C18H22N2O2/c1-13(2)22-17-6-4-3-5-15(17)12-20-16-9-7-14(8-10-16)11-18(19)21/h3-10,13,20H,11-12H2,1-2H3,(H2,19,21). The molecule has 3 N–H and O–H groups in total. The number of hydrogen-bond donors (Lipinski definition) is 2. The molecule has 0 aliphatic rings. The van der Waals surface area contributed by atoms with Crippen LogP contribution in [0.1, 0.15) is 25.0 Å². The Balaban J connectivity index is 1.99. The molecule has 22 heavy (non-hydrogen) atoms. The number of amides is 1. The van der Waals surface area contributed by atoms with E-state index in [0.29, 0.717) is 6.54 Å². The number of carbonyl (C=O) groups excluding carboxylic acids is 1. The van der Waals surface area contributed by atoms with Crippen molar-refractivity contribution in [1.29, 1.82) is 0 Å². The minimum absolute atomic E-state index is 0.147. The average Bonchev–Trinajstić information content (AvgIpc) is 2.47. The molecular weight excluding hydrogens is 276 g/mol. The Kier molecular flexibility index (Phi) is 5.42. The van der Waals surface area contributed by atoms with Gasteiger partial charge in [0.1, 0.15) is 5.75 Å². The predicted octanol–water partition coefficient (Wildman–Crippen LogP) is 3.11. The van der Waals surface area contributed by atoms with Crippen molar-refractivity contribution in [3.63, 3.8) is 0 Å². The van der Waals surface area contributed by atoms with Crippen LogP contribution in [0.3, 0.4) is 0 Å². The van der Waals surface area contributed by atoms with E-state index in [0.717, 1.165) is 22.6 Å². The van der Waals surface area contributed by atoms with Crippen LogP contribution in [0.5, 0.6) is 5.75 Å². The number of ether oxygens (including phenoxy) is 1. The normalized spacial score (nSPS) is 10.5. The zero-order chi connectivity index (χ0) is 15.9. The highest BCUT2D eigenvalue weighted by Crippen LogP contribution is 2.21. The number of nitrogens with one attached hydrogen (secondary N) is 1. The molecule has 0 atom stereocenters. The second-order valence-corrected chi connectivity index (χ2v) is 5.47. The number of nitrogens with two attached hydrogens (primary N) is 1. The Morgan fingerprint density at radius 2 is 1.82 bits per heavy atom. The molecular formula is C18H22N2O2. The van der Waals surface area contributed by atoms with Gasteiger partial charge in [0.05, 0.1) is 12.5 Å². The topological polar surface area (TPSA) is 64.3 Å². The minimum atomic E-state index is -0.319. The SMILES string of the molecule is CC(C)Oc1ccccc1CNc1ccc(CC(N)=O)cc1. The molecule has 0 bridgehead atoms. The van der Waals surface area contributed by atoms with Crippen molar-refractivity contribution in [1.82, 2.24) is 0 Å². The van der Waals surface area contributed by atoms with Crippen LogP contribution in [0, 0.1) is 0 Å². The van der Waals surface area contributed by atoms with Gasteiger partial charge in [-0.15, -0.1) is 0 Å². The summed E-state index contributed by atoms with van der Waals surface area (Å²) in [6.07, 6.45) is 0.417. The maximum atomic E-state index is 10.9. The van der Waals surface area contributed by atoms with Gasteiger partial charge in [-0.05, 0) is 37.6 Å². The molecule has 0 spiro atoms. The van der Waals surface area contributed by atoms with E-state index in [1.807, 2.05) is 62.4 Å². The van der Waals surface area contributed by atoms with Crippen LogP contribution >= 0.6 is 0 Å². The first-order valence-corrected chi connectivity index (χ1v) is 7.40. The summed E-state index contributed by atoms with van der Waals surface area (Å²) in [6, 6.07) is 15.7. The molecule has 0 radical (unpaired) electrons. The van der Waals surface area contributed by atoms with Crippen LogP contribution in [0.2, 0.25) is 0 Å². The van der Waals surface area contributed by atoms with E-state index < -0.39 is 0 Å². The maximum absolute atomic E-state index is 10.9. The summed E-state index contributed by atoms with van der Waals surface area (Å²) < 4.78 is 5.81. The molecule has 2 aromatic rings. The highest BCUT2D eigenvalue weighted by Gasteiger charge is 2.05. The van der Waals surface area contributed by atoms with Crippen molar-refractivity contribution in [2.24, 2.45) is 5.73 Å². The Hall–Kier alpha value is -2.49. The Morgan fingerprint density at radius 3 is 2.45 bits per heavy atom. The molecule has 0 unspecified atom stereocenters. The summed E-state index contributed by atoms with van der Waals surface area (Å²) in [4.78, 5) is 10.9. The number of anilines is 1. The molecule has 0 aromatic heterocycles. The van der Waals surface area contributed by atoms with E-state index in [9.17, 15) is 4.79 Å². The number of para-hydroxylation sites is 1. The van der Waals surface area contributed by atoms with Gasteiger partial charge in [-0.1, -0.05) is 30.3 Å². The van der Waals surface area contributed by atoms with Crippen molar-refractivity contribution >= 4 is 11.6 Å². The summed E-state index contributed by atoms with van der Waals surface area (Å²) >= 11 is 0. The van der Waals surface area contributed by atoms with Crippen molar-refractivity contribution in [3.05, 3.63) is 59.7 Å². The molecule has 116 valence electrons. The second-order valence-electron chi connectivity index (χ2n) is 5.47. The summed E-state index contributed by atoms with van der Waals surface area (Å²) in [7, 11) is 0. The van der Waals surface area contributed by atoms with Crippen molar-refractivity contribution < 1.29 is 9.53 Å². The number of rotatable bonds is 7. The molecule has 0 fully saturated rings. The van der Waals surface area contributed by atoms with E-state index in [-0.39, 0.29) is 18.4 Å². The molecule has 0 saturated heterocycles. The van der Waals surface area contributed by atoms with E-state index in [1.54, 1.807) is 0 Å². The number of primary amides is 1. The molecule has 2 aromatic carbocycles. The Bertz CT molecular complexity index is 621. The van der Waals surface area contributed by atoms with Gasteiger partial charge < -0.3 is 15.8 Å². The van der Waals surface area contributed by atoms with Crippen molar-refractivity contribution in [2.45, 2.75) is 32.9 Å². The molecule has 4 heteroatoms. The molecule has 0 aliphatic heterocycles. The fourth-order valence-electron chi connectivity index (χ4n) is 2.16. The van der Waals surface area contributed by atoms with Crippen LogP contribution in [0.15, 0.2) is 48.5 Å². The summed E-state index contributed by atoms with van der Waals surface area (Å²) in [6.45, 7) is 4.71. The lowest BCUT2D eigenvalue weighted by atomic mass is 10.1. The van der Waals surface area contributed by atoms with Crippen molar-refractivity contribution in [3.8, 4) is 5.75 Å². The van der Waals surface area contributed by atoms with Gasteiger partial charge in [-0.3, -0.25) is 4.79 Å². The van der Waals surface area contributed by atoms with Crippen molar-refractivity contribution in [2.75, 3.05) is 5.32 Å². The number of hydrogen-bond acceptors (Lipinski definition) is 3. The smallest absolute Gasteiger partial charge is 0.221 e. The van der Waals surface area contributed by atoms with Gasteiger partial charge in [0, 0.05) is 17.8 Å². The fourth-order valence-corrected chi connectivity index (χ4v) is 2.16. The van der Waals surface area contributed by atoms with E-state index in [2.05, 4.69) is 5.32 Å². The first-order chi connectivity index (χ1) is 10.5. The van der Waals surface area contributed by atoms with Gasteiger partial charge >= 0.3 is 0 Å². The molecule has 1 amide bonds. The predicted molar refractivity (Wildman–Crippen MR) is 88.9 cm³/mol. The largest absolute Gasteiger partial charge is 0.491 e. The minimum Gasteiger partial charge on any atom is -0.491 e. The highest BCUT2D eigenvalue weighted by atomic mass is 16.5. The lowest BCUT2D eigenvalue weighted by molar-refractivity contribution is -0.117. The van der Waals surface area contributed by atoms with E-state index >= 15 is 0 Å². The third-order valence-corrected chi connectivity index (χ3v) is 3.15. The summed E-state index contributed by atoms with van der Waals surface area (Å²) in [5.41, 5.74) is 8.21. The van der Waals surface area contributed by atoms with Gasteiger partial charge in [-0.25, -0.2) is 0 Å².